The van der Waals surface area contributed by atoms with E-state index in [1.54, 1.807) is 30.3 Å². The van der Waals surface area contributed by atoms with Crippen molar-refractivity contribution in [2.24, 2.45) is 5.41 Å². The lowest BCUT2D eigenvalue weighted by Gasteiger charge is -2.36. The summed E-state index contributed by atoms with van der Waals surface area (Å²) in [5.41, 5.74) is -1.04. The number of methoxy groups -OCH3 is 2. The van der Waals surface area contributed by atoms with Crippen molar-refractivity contribution in [2.75, 3.05) is 14.2 Å². The van der Waals surface area contributed by atoms with Crippen molar-refractivity contribution < 1.29 is 23.9 Å². The van der Waals surface area contributed by atoms with Gasteiger partial charge in [-0.15, -0.1) is 6.58 Å². The van der Waals surface area contributed by atoms with Crippen LogP contribution in [0.4, 0.5) is 4.79 Å². The van der Waals surface area contributed by atoms with Crippen LogP contribution in [-0.2, 0) is 19.1 Å². The van der Waals surface area contributed by atoms with Gasteiger partial charge in [0.2, 0.25) is 0 Å². The second-order valence-electron chi connectivity index (χ2n) is 4.99. The second kappa shape index (κ2) is 8.12. The van der Waals surface area contributed by atoms with Crippen LogP contribution in [0.2, 0.25) is 0 Å². The summed E-state index contributed by atoms with van der Waals surface area (Å²) in [6.45, 7) is 4.90. The Hall–Kier alpha value is -2.63. The first kappa shape index (κ1) is 18.4. The zero-order valence-electron chi connectivity index (χ0n) is 13.5. The van der Waals surface area contributed by atoms with Gasteiger partial charge in [-0.25, -0.2) is 4.79 Å². The highest BCUT2D eigenvalue weighted by Crippen LogP contribution is 2.40. The molecule has 0 radical (unpaired) electrons. The third-order valence-corrected chi connectivity index (χ3v) is 3.72. The standard InChI is InChI=1S/C17H21NO5/c1-5-11-17(12(2)19,15(20)22-3)14(18-16(21)23-4)13-9-7-6-8-10-13/h5-10,14H,1,11H2,2-4H3,(H,18,21)/t14?,17-/m0/s1. The number of Topliss-reactive ketones (excluding diaryl/α,β-unsaturated/α-hetero) is 1. The molecule has 0 heterocycles. The molecule has 0 aliphatic heterocycles. The maximum atomic E-state index is 12.5. The fraction of sp³-hybridized carbons (Fsp3) is 0.353. The number of hydrogen-bond acceptors (Lipinski definition) is 5. The molecule has 0 bridgehead atoms. The van der Waals surface area contributed by atoms with E-state index in [1.165, 1.54) is 27.2 Å². The molecule has 23 heavy (non-hydrogen) atoms. The lowest BCUT2D eigenvalue weighted by Crippen LogP contribution is -2.50. The van der Waals surface area contributed by atoms with Crippen LogP contribution in [0.3, 0.4) is 0 Å². The number of carbonyl (C=O) groups excluding carboxylic acids is 3. The van der Waals surface area contributed by atoms with Gasteiger partial charge in [-0.3, -0.25) is 9.59 Å². The lowest BCUT2D eigenvalue weighted by molar-refractivity contribution is -0.159. The van der Waals surface area contributed by atoms with E-state index in [2.05, 4.69) is 16.6 Å². The van der Waals surface area contributed by atoms with E-state index >= 15 is 0 Å². The zero-order chi connectivity index (χ0) is 17.5. The number of amides is 1. The van der Waals surface area contributed by atoms with Gasteiger partial charge >= 0.3 is 12.1 Å². The Kier molecular flexibility index (Phi) is 6.50. The number of nitrogens with one attached hydrogen (secondary N) is 1. The Morgan fingerprint density at radius 3 is 2.26 bits per heavy atom. The zero-order valence-corrected chi connectivity index (χ0v) is 13.5. The molecule has 6 nitrogen and oxygen atoms in total. The number of carbonyl (C=O) groups is 3. The Morgan fingerprint density at radius 2 is 1.83 bits per heavy atom. The van der Waals surface area contributed by atoms with E-state index in [9.17, 15) is 14.4 Å². The number of ether oxygens (including phenoxy) is 2. The van der Waals surface area contributed by atoms with Crippen LogP contribution in [0, 0.1) is 5.41 Å². The third kappa shape index (κ3) is 3.77. The summed E-state index contributed by atoms with van der Waals surface area (Å²) in [5, 5.41) is 2.57. The smallest absolute Gasteiger partial charge is 0.407 e. The molecule has 0 spiro atoms. The van der Waals surface area contributed by atoms with E-state index in [0.717, 1.165) is 0 Å². The fourth-order valence-electron chi connectivity index (χ4n) is 2.53. The van der Waals surface area contributed by atoms with Gasteiger partial charge in [0.1, 0.15) is 5.78 Å². The van der Waals surface area contributed by atoms with Crippen LogP contribution in [-0.4, -0.2) is 32.1 Å². The number of rotatable bonds is 7. The number of allylic oxidation sites excluding steroid dienone is 1. The summed E-state index contributed by atoms with van der Waals surface area (Å²) in [4.78, 5) is 36.6. The largest absolute Gasteiger partial charge is 0.468 e. The molecule has 1 N–H and O–H groups in total. The van der Waals surface area contributed by atoms with E-state index in [-0.39, 0.29) is 6.42 Å². The first-order chi connectivity index (χ1) is 10.9. The summed E-state index contributed by atoms with van der Waals surface area (Å²) < 4.78 is 9.48. The Labute approximate surface area is 135 Å². The molecular formula is C17H21NO5. The van der Waals surface area contributed by atoms with Gasteiger partial charge in [0, 0.05) is 0 Å². The Balaban J connectivity index is 3.53. The van der Waals surface area contributed by atoms with Crippen molar-refractivity contribution >= 4 is 17.8 Å². The summed E-state index contributed by atoms with van der Waals surface area (Å²) >= 11 is 0. The molecule has 1 unspecified atom stereocenters. The molecule has 6 heteroatoms. The van der Waals surface area contributed by atoms with E-state index < -0.39 is 29.3 Å². The van der Waals surface area contributed by atoms with Crippen LogP contribution in [0.5, 0.6) is 0 Å². The molecule has 1 aromatic rings. The molecule has 1 rings (SSSR count). The summed E-state index contributed by atoms with van der Waals surface area (Å²) in [6, 6.07) is 7.77. The van der Waals surface area contributed by atoms with Gasteiger partial charge in [-0.05, 0) is 18.9 Å². The summed E-state index contributed by atoms with van der Waals surface area (Å²) in [5.74, 6) is -1.18. The average molecular weight is 319 g/mol. The van der Waals surface area contributed by atoms with Crippen molar-refractivity contribution in [3.8, 4) is 0 Å². The molecule has 2 atom stereocenters. The quantitative estimate of drug-likeness (QED) is 0.474. The highest BCUT2D eigenvalue weighted by Gasteiger charge is 2.51. The molecular weight excluding hydrogens is 298 g/mol. The van der Waals surface area contributed by atoms with Gasteiger partial charge < -0.3 is 14.8 Å². The fourth-order valence-corrected chi connectivity index (χ4v) is 2.53. The minimum atomic E-state index is -1.62. The highest BCUT2D eigenvalue weighted by atomic mass is 16.5. The van der Waals surface area contributed by atoms with E-state index in [0.29, 0.717) is 5.56 Å². The van der Waals surface area contributed by atoms with Gasteiger partial charge in [-0.2, -0.15) is 0 Å². The number of esters is 1. The molecule has 0 aliphatic rings. The number of hydrogen-bond donors (Lipinski definition) is 1. The minimum Gasteiger partial charge on any atom is -0.468 e. The average Bonchev–Trinajstić information content (AvgIpc) is 2.57. The van der Waals surface area contributed by atoms with E-state index in [4.69, 9.17) is 4.74 Å². The number of benzene rings is 1. The predicted molar refractivity (Wildman–Crippen MR) is 84.7 cm³/mol. The van der Waals surface area contributed by atoms with Crippen molar-refractivity contribution in [3.63, 3.8) is 0 Å². The molecule has 1 aromatic carbocycles. The number of ketones is 1. The Bertz CT molecular complexity index is 584. The molecule has 0 saturated heterocycles. The maximum absolute atomic E-state index is 12.5. The monoisotopic (exact) mass is 319 g/mol. The van der Waals surface area contributed by atoms with E-state index in [1.807, 2.05) is 0 Å². The molecule has 0 saturated carbocycles. The third-order valence-electron chi connectivity index (χ3n) is 3.72. The van der Waals surface area contributed by atoms with Gasteiger partial charge in [0.25, 0.3) is 0 Å². The van der Waals surface area contributed by atoms with Crippen LogP contribution >= 0.6 is 0 Å². The molecule has 0 aliphatic carbocycles. The molecule has 0 fully saturated rings. The molecule has 0 aromatic heterocycles. The first-order valence-corrected chi connectivity index (χ1v) is 7.03. The Morgan fingerprint density at radius 1 is 1.22 bits per heavy atom. The maximum Gasteiger partial charge on any atom is 0.407 e. The SMILES string of the molecule is C=CC[C@@](C(C)=O)(C(=O)OC)C(NC(=O)OC)c1ccccc1. The van der Waals surface area contributed by atoms with Crippen LogP contribution in [0.1, 0.15) is 24.9 Å². The predicted octanol–water partition coefficient (Wildman–Crippen LogP) is 2.41. The normalized spacial score (nSPS) is 14.0. The van der Waals surface area contributed by atoms with Gasteiger partial charge in [0.15, 0.2) is 5.41 Å². The van der Waals surface area contributed by atoms with Crippen LogP contribution in [0.15, 0.2) is 43.0 Å². The minimum absolute atomic E-state index is 0.0125. The molecule has 124 valence electrons. The summed E-state index contributed by atoms with van der Waals surface area (Å²) in [7, 11) is 2.40. The van der Waals surface area contributed by atoms with Gasteiger partial charge in [-0.1, -0.05) is 36.4 Å². The van der Waals surface area contributed by atoms with Crippen LogP contribution < -0.4 is 5.32 Å². The number of alkyl carbamates (subject to hydrolysis) is 1. The van der Waals surface area contributed by atoms with Crippen molar-refractivity contribution in [3.05, 3.63) is 48.6 Å². The second-order valence-corrected chi connectivity index (χ2v) is 4.99. The lowest BCUT2D eigenvalue weighted by atomic mass is 9.71. The first-order valence-electron chi connectivity index (χ1n) is 7.03. The van der Waals surface area contributed by atoms with Crippen molar-refractivity contribution in [2.45, 2.75) is 19.4 Å². The van der Waals surface area contributed by atoms with Gasteiger partial charge in [0.05, 0.1) is 20.3 Å². The molecule has 1 amide bonds. The van der Waals surface area contributed by atoms with Crippen molar-refractivity contribution in [1.29, 1.82) is 0 Å². The summed E-state index contributed by atoms with van der Waals surface area (Å²) in [6.07, 6.45) is 0.712. The van der Waals surface area contributed by atoms with Crippen molar-refractivity contribution in [1.82, 2.24) is 5.32 Å². The highest BCUT2D eigenvalue weighted by molar-refractivity contribution is 6.04. The van der Waals surface area contributed by atoms with Crippen LogP contribution in [0.25, 0.3) is 0 Å². The topological polar surface area (TPSA) is 81.7 Å².